The average Bonchev–Trinajstić information content (AvgIpc) is 2.55. The highest BCUT2D eigenvalue weighted by molar-refractivity contribution is 7.91. The minimum Gasteiger partial charge on any atom is -0.508 e. The average molecular weight is 334 g/mol. The van der Waals surface area contributed by atoms with Crippen molar-refractivity contribution in [3.63, 3.8) is 0 Å². The van der Waals surface area contributed by atoms with Gasteiger partial charge in [-0.05, 0) is 42.8 Å². The molecule has 0 atom stereocenters. The number of rotatable bonds is 6. The van der Waals surface area contributed by atoms with Gasteiger partial charge in [0.1, 0.15) is 5.75 Å². The van der Waals surface area contributed by atoms with Crippen LogP contribution in [0, 0.1) is 0 Å². The summed E-state index contributed by atoms with van der Waals surface area (Å²) >= 11 is 0. The summed E-state index contributed by atoms with van der Waals surface area (Å²) < 4.78 is 30.5. The maximum atomic E-state index is 12.7. The van der Waals surface area contributed by atoms with Gasteiger partial charge in [0.15, 0.2) is 0 Å². The first-order chi connectivity index (χ1) is 11.0. The maximum Gasteiger partial charge on any atom is 0.339 e. The number of esters is 1. The molecular formula is C17H18O5S. The van der Waals surface area contributed by atoms with E-state index in [-0.39, 0.29) is 27.7 Å². The third kappa shape index (κ3) is 3.90. The Morgan fingerprint density at radius 1 is 1.09 bits per heavy atom. The molecule has 0 heterocycles. The van der Waals surface area contributed by atoms with Gasteiger partial charge in [0, 0.05) is 0 Å². The van der Waals surface area contributed by atoms with E-state index >= 15 is 0 Å². The highest BCUT2D eigenvalue weighted by Gasteiger charge is 2.24. The standard InChI is InChI=1S/C17H18O5S/c1-2-3-12-22-17(19)15-6-4-5-7-16(15)23(20,21)14-10-8-13(18)9-11-14/h4-11,18H,2-3,12H2,1H3. The summed E-state index contributed by atoms with van der Waals surface area (Å²) in [6.45, 7) is 2.22. The molecule has 0 unspecified atom stereocenters. The molecule has 0 saturated heterocycles. The zero-order valence-electron chi connectivity index (χ0n) is 12.7. The number of unbranched alkanes of at least 4 members (excludes halogenated alkanes) is 1. The lowest BCUT2D eigenvalue weighted by atomic mass is 10.2. The number of ether oxygens (including phenoxy) is 1. The summed E-state index contributed by atoms with van der Waals surface area (Å²) in [4.78, 5) is 12.0. The van der Waals surface area contributed by atoms with Gasteiger partial charge >= 0.3 is 5.97 Å². The summed E-state index contributed by atoms with van der Waals surface area (Å²) in [7, 11) is -3.87. The van der Waals surface area contributed by atoms with Crippen molar-refractivity contribution in [2.24, 2.45) is 0 Å². The molecule has 2 aromatic carbocycles. The van der Waals surface area contributed by atoms with Crippen LogP contribution in [-0.4, -0.2) is 26.1 Å². The lowest BCUT2D eigenvalue weighted by Crippen LogP contribution is -2.13. The van der Waals surface area contributed by atoms with Crippen molar-refractivity contribution < 1.29 is 23.1 Å². The molecule has 122 valence electrons. The summed E-state index contributed by atoms with van der Waals surface area (Å²) in [5.74, 6) is -0.687. The van der Waals surface area contributed by atoms with Crippen molar-refractivity contribution >= 4 is 15.8 Å². The van der Waals surface area contributed by atoms with Gasteiger partial charge in [0.05, 0.1) is 22.0 Å². The second-order valence-electron chi connectivity index (χ2n) is 4.98. The predicted molar refractivity (Wildman–Crippen MR) is 85.2 cm³/mol. The largest absolute Gasteiger partial charge is 0.508 e. The number of phenols is 1. The lowest BCUT2D eigenvalue weighted by molar-refractivity contribution is 0.0495. The van der Waals surface area contributed by atoms with Crippen molar-refractivity contribution in [3.05, 3.63) is 54.1 Å². The number of hydrogen-bond acceptors (Lipinski definition) is 5. The summed E-state index contributed by atoms with van der Waals surface area (Å²) in [5.41, 5.74) is 0.0108. The van der Waals surface area contributed by atoms with Gasteiger partial charge in [-0.1, -0.05) is 25.5 Å². The van der Waals surface area contributed by atoms with Crippen LogP contribution in [0.1, 0.15) is 30.1 Å². The van der Waals surface area contributed by atoms with Crippen LogP contribution in [0.4, 0.5) is 0 Å². The van der Waals surface area contributed by atoms with E-state index in [1.54, 1.807) is 12.1 Å². The molecular weight excluding hydrogens is 316 g/mol. The van der Waals surface area contributed by atoms with Crippen LogP contribution in [0.25, 0.3) is 0 Å². The monoisotopic (exact) mass is 334 g/mol. The van der Waals surface area contributed by atoms with E-state index in [0.717, 1.165) is 12.8 Å². The molecule has 0 aliphatic heterocycles. The van der Waals surface area contributed by atoms with Crippen LogP contribution < -0.4 is 0 Å². The fourth-order valence-electron chi connectivity index (χ4n) is 2.01. The van der Waals surface area contributed by atoms with E-state index in [1.165, 1.54) is 36.4 Å². The Bertz CT molecular complexity index is 779. The Hall–Kier alpha value is -2.34. The molecule has 0 bridgehead atoms. The Kier molecular flexibility index (Phi) is 5.39. The number of phenolic OH excluding ortho intramolecular Hbond substituents is 1. The maximum absolute atomic E-state index is 12.7. The third-order valence-electron chi connectivity index (χ3n) is 3.27. The van der Waals surface area contributed by atoms with E-state index in [2.05, 4.69) is 0 Å². The zero-order valence-corrected chi connectivity index (χ0v) is 13.5. The Labute approximate surface area is 135 Å². The van der Waals surface area contributed by atoms with Gasteiger partial charge in [-0.25, -0.2) is 13.2 Å². The number of aromatic hydroxyl groups is 1. The first-order valence-corrected chi connectivity index (χ1v) is 8.75. The Balaban J connectivity index is 2.39. The summed E-state index contributed by atoms with van der Waals surface area (Å²) in [6.07, 6.45) is 1.60. The lowest BCUT2D eigenvalue weighted by Gasteiger charge is -2.10. The van der Waals surface area contributed by atoms with Crippen molar-refractivity contribution in [2.45, 2.75) is 29.6 Å². The minimum atomic E-state index is -3.87. The minimum absolute atomic E-state index is 0.00380. The SMILES string of the molecule is CCCCOC(=O)c1ccccc1S(=O)(=O)c1ccc(O)cc1. The third-order valence-corrected chi connectivity index (χ3v) is 5.10. The van der Waals surface area contributed by atoms with Crippen molar-refractivity contribution in [1.29, 1.82) is 0 Å². The molecule has 0 amide bonds. The fraction of sp³-hybridized carbons (Fsp3) is 0.235. The van der Waals surface area contributed by atoms with E-state index in [1.807, 2.05) is 6.92 Å². The van der Waals surface area contributed by atoms with Gasteiger partial charge in [0.25, 0.3) is 0 Å². The van der Waals surface area contributed by atoms with E-state index in [0.29, 0.717) is 0 Å². The van der Waals surface area contributed by atoms with Gasteiger partial charge in [-0.3, -0.25) is 0 Å². The van der Waals surface area contributed by atoms with E-state index < -0.39 is 15.8 Å². The number of carbonyl (C=O) groups excluding carboxylic acids is 1. The molecule has 0 spiro atoms. The molecule has 6 heteroatoms. The smallest absolute Gasteiger partial charge is 0.339 e. The van der Waals surface area contributed by atoms with Crippen LogP contribution >= 0.6 is 0 Å². The first-order valence-electron chi connectivity index (χ1n) is 7.27. The van der Waals surface area contributed by atoms with Gasteiger partial charge in [-0.15, -0.1) is 0 Å². The van der Waals surface area contributed by atoms with Crippen LogP contribution in [0.5, 0.6) is 5.75 Å². The van der Waals surface area contributed by atoms with Gasteiger partial charge in [0.2, 0.25) is 9.84 Å². The highest BCUT2D eigenvalue weighted by Crippen LogP contribution is 2.26. The van der Waals surface area contributed by atoms with Gasteiger partial charge < -0.3 is 9.84 Å². The van der Waals surface area contributed by atoms with Gasteiger partial charge in [-0.2, -0.15) is 0 Å². The number of sulfone groups is 1. The molecule has 2 aromatic rings. The topological polar surface area (TPSA) is 80.7 Å². The normalized spacial score (nSPS) is 11.2. The predicted octanol–water partition coefficient (Wildman–Crippen LogP) is 3.18. The van der Waals surface area contributed by atoms with Crippen molar-refractivity contribution in [3.8, 4) is 5.75 Å². The molecule has 0 aliphatic carbocycles. The quantitative estimate of drug-likeness (QED) is 0.648. The van der Waals surface area contributed by atoms with Crippen LogP contribution in [0.2, 0.25) is 0 Å². The summed E-state index contributed by atoms with van der Waals surface area (Å²) in [5, 5.41) is 9.29. The molecule has 5 nitrogen and oxygen atoms in total. The van der Waals surface area contributed by atoms with Crippen LogP contribution in [0.3, 0.4) is 0 Å². The molecule has 0 aliphatic rings. The second kappa shape index (κ2) is 7.28. The summed E-state index contributed by atoms with van der Waals surface area (Å²) in [6, 6.07) is 11.1. The van der Waals surface area contributed by atoms with E-state index in [4.69, 9.17) is 4.74 Å². The molecule has 0 radical (unpaired) electrons. The molecule has 1 N–H and O–H groups in total. The molecule has 23 heavy (non-hydrogen) atoms. The number of carbonyl (C=O) groups is 1. The molecule has 0 fully saturated rings. The number of hydrogen-bond donors (Lipinski definition) is 1. The Morgan fingerprint density at radius 3 is 2.39 bits per heavy atom. The second-order valence-corrected chi connectivity index (χ2v) is 6.90. The van der Waals surface area contributed by atoms with Crippen molar-refractivity contribution in [1.82, 2.24) is 0 Å². The van der Waals surface area contributed by atoms with Crippen molar-refractivity contribution in [2.75, 3.05) is 6.61 Å². The molecule has 0 saturated carbocycles. The highest BCUT2D eigenvalue weighted by atomic mass is 32.2. The van der Waals surface area contributed by atoms with E-state index in [9.17, 15) is 18.3 Å². The fourth-order valence-corrected chi connectivity index (χ4v) is 3.46. The molecule has 2 rings (SSSR count). The van der Waals surface area contributed by atoms with Crippen LogP contribution in [-0.2, 0) is 14.6 Å². The first kappa shape index (κ1) is 17.0. The Morgan fingerprint density at radius 2 is 1.74 bits per heavy atom. The number of benzene rings is 2. The molecule has 0 aromatic heterocycles. The van der Waals surface area contributed by atoms with Crippen LogP contribution in [0.15, 0.2) is 58.3 Å². The zero-order chi connectivity index (χ0) is 16.9.